The van der Waals surface area contributed by atoms with Gasteiger partial charge in [0.15, 0.2) is 0 Å². The van der Waals surface area contributed by atoms with Gasteiger partial charge in [-0.05, 0) is 30.5 Å². The summed E-state index contributed by atoms with van der Waals surface area (Å²) in [6.45, 7) is 5.57. The highest BCUT2D eigenvalue weighted by atomic mass is 32.1. The Morgan fingerprint density at radius 2 is 1.88 bits per heavy atom. The first-order chi connectivity index (χ1) is 12.2. The third-order valence-corrected chi connectivity index (χ3v) is 5.47. The summed E-state index contributed by atoms with van der Waals surface area (Å²) in [6, 6.07) is 11.5. The maximum Gasteiger partial charge on any atom is 0.257 e. The minimum absolute atomic E-state index is 0.0766. The van der Waals surface area contributed by atoms with Crippen molar-refractivity contribution in [2.24, 2.45) is 0 Å². The molecule has 1 fully saturated rings. The molecule has 6 nitrogen and oxygen atoms in total. The van der Waals surface area contributed by atoms with Crippen molar-refractivity contribution in [3.63, 3.8) is 0 Å². The molecule has 25 heavy (non-hydrogen) atoms. The molecule has 7 heteroatoms. The Morgan fingerprint density at radius 1 is 1.08 bits per heavy atom. The number of aromatic hydroxyl groups is 1. The van der Waals surface area contributed by atoms with Crippen molar-refractivity contribution in [3.05, 3.63) is 47.7 Å². The highest BCUT2D eigenvalue weighted by molar-refractivity contribution is 7.13. The molecule has 1 aromatic carbocycles. The first kappa shape index (κ1) is 16.1. The molecule has 4 rings (SSSR count). The van der Waals surface area contributed by atoms with E-state index in [1.807, 2.05) is 35.7 Å². The van der Waals surface area contributed by atoms with E-state index in [0.29, 0.717) is 17.5 Å². The Balaban J connectivity index is 1.41. The lowest BCUT2D eigenvalue weighted by atomic mass is 10.2. The number of benzene rings is 1. The van der Waals surface area contributed by atoms with E-state index in [-0.39, 0.29) is 6.04 Å². The number of para-hydroxylation sites is 2. The van der Waals surface area contributed by atoms with Crippen molar-refractivity contribution in [1.29, 1.82) is 0 Å². The number of nitrogens with zero attached hydrogens (tertiary/aromatic N) is 4. The van der Waals surface area contributed by atoms with Gasteiger partial charge in [-0.1, -0.05) is 18.2 Å². The van der Waals surface area contributed by atoms with Crippen LogP contribution in [0.5, 0.6) is 5.75 Å². The van der Waals surface area contributed by atoms with E-state index in [4.69, 9.17) is 4.42 Å². The van der Waals surface area contributed by atoms with Crippen LogP contribution in [-0.4, -0.2) is 46.4 Å². The molecule has 0 aliphatic carbocycles. The van der Waals surface area contributed by atoms with Crippen molar-refractivity contribution in [1.82, 2.24) is 15.1 Å². The number of hydrogen-bond acceptors (Lipinski definition) is 7. The molecule has 3 aromatic rings. The number of thiophene rings is 1. The fourth-order valence-electron chi connectivity index (χ4n) is 3.14. The van der Waals surface area contributed by atoms with Crippen LogP contribution in [0, 0.1) is 0 Å². The third kappa shape index (κ3) is 3.25. The van der Waals surface area contributed by atoms with E-state index >= 15 is 0 Å². The molecular weight excluding hydrogens is 336 g/mol. The van der Waals surface area contributed by atoms with Crippen LogP contribution >= 0.6 is 11.3 Å². The lowest BCUT2D eigenvalue weighted by Gasteiger charge is -2.38. The molecule has 1 atom stereocenters. The number of piperazine rings is 1. The second kappa shape index (κ2) is 6.85. The van der Waals surface area contributed by atoms with Gasteiger partial charge in [0.25, 0.3) is 5.89 Å². The van der Waals surface area contributed by atoms with Crippen molar-refractivity contribution in [2.45, 2.75) is 13.0 Å². The molecule has 0 radical (unpaired) electrons. The lowest BCUT2D eigenvalue weighted by Crippen LogP contribution is -2.47. The van der Waals surface area contributed by atoms with Gasteiger partial charge in [-0.25, -0.2) is 0 Å². The second-order valence-corrected chi connectivity index (χ2v) is 7.06. The summed E-state index contributed by atoms with van der Waals surface area (Å²) < 4.78 is 5.87. The molecule has 1 aliphatic heterocycles. The Hall–Kier alpha value is -2.38. The molecule has 0 unspecified atom stereocenters. The summed E-state index contributed by atoms with van der Waals surface area (Å²) >= 11 is 1.60. The van der Waals surface area contributed by atoms with E-state index in [1.54, 1.807) is 17.4 Å². The van der Waals surface area contributed by atoms with E-state index in [9.17, 15) is 5.11 Å². The summed E-state index contributed by atoms with van der Waals surface area (Å²) in [5.41, 5.74) is 0.896. The summed E-state index contributed by atoms with van der Waals surface area (Å²) in [5, 5.41) is 20.4. The van der Waals surface area contributed by atoms with Crippen LogP contribution in [-0.2, 0) is 0 Å². The normalized spacial score (nSPS) is 16.9. The van der Waals surface area contributed by atoms with Crippen LogP contribution in [0.25, 0.3) is 10.8 Å². The summed E-state index contributed by atoms with van der Waals surface area (Å²) in [4.78, 5) is 5.54. The topological polar surface area (TPSA) is 65.6 Å². The van der Waals surface area contributed by atoms with Crippen molar-refractivity contribution in [3.8, 4) is 16.5 Å². The monoisotopic (exact) mass is 356 g/mol. The van der Waals surface area contributed by atoms with E-state index < -0.39 is 0 Å². The van der Waals surface area contributed by atoms with Crippen molar-refractivity contribution in [2.75, 3.05) is 31.1 Å². The van der Waals surface area contributed by atoms with E-state index in [2.05, 4.69) is 26.9 Å². The summed E-state index contributed by atoms with van der Waals surface area (Å²) in [7, 11) is 0. The first-order valence-electron chi connectivity index (χ1n) is 8.36. The van der Waals surface area contributed by atoms with Gasteiger partial charge in [0.1, 0.15) is 5.75 Å². The predicted molar refractivity (Wildman–Crippen MR) is 97.9 cm³/mol. The predicted octanol–water partition coefficient (Wildman–Crippen LogP) is 3.39. The molecule has 130 valence electrons. The van der Waals surface area contributed by atoms with Gasteiger partial charge in [-0.15, -0.1) is 21.5 Å². The summed E-state index contributed by atoms with van der Waals surface area (Å²) in [6.07, 6.45) is 0. The molecule has 2 aromatic heterocycles. The average molecular weight is 356 g/mol. The number of phenolic OH excluding ortho intramolecular Hbond substituents is 1. The standard InChI is InChI=1S/C18H20N4O2S/c1-13(17-19-20-18(24-17)16-7-4-12-25-16)21-8-10-22(11-9-21)14-5-2-3-6-15(14)23/h2-7,12-13,23H,8-11H2,1H3/t13-/m1/s1. The fraction of sp³-hybridized carbons (Fsp3) is 0.333. The number of anilines is 1. The quantitative estimate of drug-likeness (QED) is 0.773. The molecule has 0 spiro atoms. The van der Waals surface area contributed by atoms with Crippen LogP contribution in [0.2, 0.25) is 0 Å². The van der Waals surface area contributed by atoms with Gasteiger partial charge in [0.05, 0.1) is 16.6 Å². The number of hydrogen-bond donors (Lipinski definition) is 1. The van der Waals surface area contributed by atoms with Crippen LogP contribution in [0.3, 0.4) is 0 Å². The van der Waals surface area contributed by atoms with Gasteiger partial charge < -0.3 is 14.4 Å². The molecule has 1 saturated heterocycles. The highest BCUT2D eigenvalue weighted by Gasteiger charge is 2.26. The molecular formula is C18H20N4O2S. The zero-order chi connectivity index (χ0) is 17.2. The lowest BCUT2D eigenvalue weighted by molar-refractivity contribution is 0.173. The third-order valence-electron chi connectivity index (χ3n) is 4.61. The molecule has 0 saturated carbocycles. The largest absolute Gasteiger partial charge is 0.506 e. The number of phenols is 1. The van der Waals surface area contributed by atoms with Gasteiger partial charge in [0.2, 0.25) is 5.89 Å². The molecule has 0 bridgehead atoms. The smallest absolute Gasteiger partial charge is 0.257 e. The molecule has 1 N–H and O–H groups in total. The Labute approximate surface area is 150 Å². The first-order valence-corrected chi connectivity index (χ1v) is 9.24. The maximum absolute atomic E-state index is 10.0. The van der Waals surface area contributed by atoms with E-state index in [1.165, 1.54) is 0 Å². The Morgan fingerprint density at radius 3 is 2.60 bits per heavy atom. The second-order valence-electron chi connectivity index (χ2n) is 6.11. The minimum atomic E-state index is 0.0766. The number of rotatable bonds is 4. The van der Waals surface area contributed by atoms with Gasteiger partial charge in [0, 0.05) is 26.2 Å². The van der Waals surface area contributed by atoms with E-state index in [0.717, 1.165) is 36.7 Å². The average Bonchev–Trinajstić information content (AvgIpc) is 3.33. The van der Waals surface area contributed by atoms with Crippen molar-refractivity contribution < 1.29 is 9.52 Å². The molecule has 3 heterocycles. The van der Waals surface area contributed by atoms with Gasteiger partial charge in [-0.3, -0.25) is 4.90 Å². The number of aromatic nitrogens is 2. The van der Waals surface area contributed by atoms with Crippen molar-refractivity contribution >= 4 is 17.0 Å². The van der Waals surface area contributed by atoms with Crippen LogP contribution in [0.4, 0.5) is 5.69 Å². The van der Waals surface area contributed by atoms with Crippen LogP contribution in [0.1, 0.15) is 18.9 Å². The summed E-state index contributed by atoms with van der Waals surface area (Å²) in [5.74, 6) is 1.57. The highest BCUT2D eigenvalue weighted by Crippen LogP contribution is 2.30. The zero-order valence-corrected chi connectivity index (χ0v) is 14.8. The van der Waals surface area contributed by atoms with Gasteiger partial charge in [-0.2, -0.15) is 0 Å². The van der Waals surface area contributed by atoms with Crippen LogP contribution in [0.15, 0.2) is 46.2 Å². The maximum atomic E-state index is 10.0. The van der Waals surface area contributed by atoms with Crippen LogP contribution < -0.4 is 4.90 Å². The SMILES string of the molecule is C[C@H](c1nnc(-c2cccs2)o1)N1CCN(c2ccccc2O)CC1. The molecule has 1 aliphatic rings. The molecule has 0 amide bonds. The Bertz CT molecular complexity index is 825. The zero-order valence-electron chi connectivity index (χ0n) is 14.0. The Kier molecular flexibility index (Phi) is 4.42. The van der Waals surface area contributed by atoms with Gasteiger partial charge >= 0.3 is 0 Å². The minimum Gasteiger partial charge on any atom is -0.506 e. The fourth-order valence-corrected chi connectivity index (χ4v) is 3.79.